The van der Waals surface area contributed by atoms with Gasteiger partial charge < -0.3 is 25.0 Å². The minimum atomic E-state index is -0.915. The van der Waals surface area contributed by atoms with Gasteiger partial charge in [-0.05, 0) is 26.2 Å². The lowest BCUT2D eigenvalue weighted by atomic mass is 9.99. The topological polar surface area (TPSA) is 136 Å². The van der Waals surface area contributed by atoms with Crippen molar-refractivity contribution in [1.82, 2.24) is 10.6 Å². The van der Waals surface area contributed by atoms with Crippen LogP contribution in [0.4, 0.5) is 0 Å². The fraction of sp³-hybridized carbons (Fsp3) is 0.760. The summed E-state index contributed by atoms with van der Waals surface area (Å²) >= 11 is 3.28. The lowest BCUT2D eigenvalue weighted by Crippen LogP contribution is -2.38. The molecule has 36 heavy (non-hydrogen) atoms. The summed E-state index contributed by atoms with van der Waals surface area (Å²) < 4.78 is 25.0. The van der Waals surface area contributed by atoms with Crippen molar-refractivity contribution in [3.05, 3.63) is 0 Å². The van der Waals surface area contributed by atoms with E-state index in [1.165, 1.54) is 14.3 Å². The van der Waals surface area contributed by atoms with Crippen LogP contribution in [0.15, 0.2) is 0 Å². The second-order valence-electron chi connectivity index (χ2n) is 8.40. The molecule has 1 saturated carbocycles. The number of thioether (sulfide) groups is 2. The van der Waals surface area contributed by atoms with E-state index in [2.05, 4.69) is 10.6 Å². The molecule has 0 spiro atoms. The van der Waals surface area contributed by atoms with Crippen molar-refractivity contribution in [2.45, 2.75) is 70.3 Å². The quantitative estimate of drug-likeness (QED) is 0.163. The molecule has 4 atom stereocenters. The Bertz CT molecular complexity index is 821. The van der Waals surface area contributed by atoms with Gasteiger partial charge >= 0.3 is 0 Å². The van der Waals surface area contributed by atoms with Gasteiger partial charge in [-0.1, -0.05) is 14.3 Å². The van der Waals surface area contributed by atoms with Gasteiger partial charge in [-0.15, -0.1) is 0 Å². The van der Waals surface area contributed by atoms with Gasteiger partial charge in [0.15, 0.2) is 0 Å². The molecule has 0 aromatic heterocycles. The monoisotopic (exact) mass is 549 g/mol. The third-order valence-electron chi connectivity index (χ3n) is 5.68. The number of ketones is 2. The molecule has 0 saturated heterocycles. The van der Waals surface area contributed by atoms with Crippen LogP contribution in [-0.4, -0.2) is 84.2 Å². The van der Waals surface area contributed by atoms with Crippen LogP contribution in [0, 0.1) is 11.8 Å². The highest BCUT2D eigenvalue weighted by molar-refractivity contribution is 8.04. The van der Waals surface area contributed by atoms with Crippen LogP contribution in [0.5, 0.6) is 0 Å². The average Bonchev–Trinajstić information content (AvgIpc) is 2.87. The van der Waals surface area contributed by atoms with Gasteiger partial charge in [0.2, 0.25) is 11.8 Å². The first-order valence-corrected chi connectivity index (χ1v) is 14.0. The average molecular weight is 550 g/mol. The van der Waals surface area contributed by atoms with Crippen LogP contribution in [0.1, 0.15) is 63.9 Å². The summed E-state index contributed by atoms with van der Waals surface area (Å²) in [5, 5.41) is 5.48. The van der Waals surface area contributed by atoms with E-state index in [0.29, 0.717) is 23.2 Å². The number of carbonyl (C=O) groups is 6. The molecule has 1 aliphatic carbocycles. The fourth-order valence-corrected chi connectivity index (χ4v) is 6.72. The van der Waals surface area contributed by atoms with Crippen LogP contribution in [0.25, 0.3) is 0 Å². The van der Waals surface area contributed by atoms with Gasteiger partial charge in [0.25, 0.3) is 0 Å². The second kappa shape index (κ2) is 20.4. The molecule has 2 N–H and O–H groups in total. The minimum absolute atomic E-state index is 0.00157. The van der Waals surface area contributed by atoms with Gasteiger partial charge in [0, 0.05) is 48.6 Å². The Morgan fingerprint density at radius 3 is 1.94 bits per heavy atom. The molecule has 4 unspecified atom stereocenters. The Morgan fingerprint density at radius 1 is 0.972 bits per heavy atom. The fourth-order valence-electron chi connectivity index (χ4n) is 3.32. The van der Waals surface area contributed by atoms with Crippen molar-refractivity contribution in [3.8, 4) is 0 Å². The summed E-state index contributed by atoms with van der Waals surface area (Å²) in [6.07, 6.45) is 1.20. The van der Waals surface area contributed by atoms with Gasteiger partial charge in [0.05, 0.1) is 32.2 Å². The molecule has 1 fully saturated rings. The van der Waals surface area contributed by atoms with E-state index in [1.807, 2.05) is 6.92 Å². The zero-order chi connectivity index (χ0) is 29.8. The summed E-state index contributed by atoms with van der Waals surface area (Å²) in [7, 11) is 1.25. The zero-order valence-corrected chi connectivity index (χ0v) is 23.1. The summed E-state index contributed by atoms with van der Waals surface area (Å²) in [4.78, 5) is 70.0. The molecular weight excluding hydrogens is 504 g/mol. The number of carbonyl (C=O) groups excluding carboxylic acids is 6. The Balaban J connectivity index is 0.00000704. The van der Waals surface area contributed by atoms with E-state index in [0.717, 1.165) is 12.8 Å². The molecule has 11 heteroatoms. The largest absolute Gasteiger partial charge is 0.381 e. The van der Waals surface area contributed by atoms with Gasteiger partial charge in [-0.2, -0.15) is 23.5 Å². The number of nitrogens with one attached hydrogen (secondary N) is 2. The molecule has 0 aliphatic heterocycles. The Morgan fingerprint density at radius 2 is 1.47 bits per heavy atom. The second-order valence-corrected chi connectivity index (χ2v) is 10.9. The van der Waals surface area contributed by atoms with Crippen molar-refractivity contribution in [2.75, 3.05) is 37.8 Å². The minimum Gasteiger partial charge on any atom is -0.381 e. The number of hydrogen-bond acceptors (Lipinski definition) is 9. The normalized spacial score (nSPS) is 19.0. The van der Waals surface area contributed by atoms with Crippen molar-refractivity contribution in [2.24, 2.45) is 11.8 Å². The first kappa shape index (κ1) is 28.8. The molecule has 0 heterocycles. The predicted octanol–water partition coefficient (Wildman–Crippen LogP) is 2.24. The first-order chi connectivity index (χ1) is 18.5. The van der Waals surface area contributed by atoms with Gasteiger partial charge in [-0.25, -0.2) is 0 Å². The first-order valence-electron chi connectivity index (χ1n) is 13.9. The molecule has 9 nitrogen and oxygen atoms in total. The van der Waals surface area contributed by atoms with E-state index in [1.54, 1.807) is 23.5 Å². The number of rotatable bonds is 21. The smallest absolute Gasteiger partial charge is 0.224 e. The summed E-state index contributed by atoms with van der Waals surface area (Å²) in [6.45, 7) is 3.08. The van der Waals surface area contributed by atoms with Gasteiger partial charge in [0.1, 0.15) is 26.8 Å². The molecule has 206 valence electrons. The van der Waals surface area contributed by atoms with Crippen molar-refractivity contribution in [3.63, 3.8) is 0 Å². The van der Waals surface area contributed by atoms with Crippen molar-refractivity contribution < 1.29 is 37.6 Å². The number of Topliss-reactive ketones (excluding diaryl/α,β-unsaturated/α-hetero) is 2. The molecule has 0 radical (unpaired) electrons. The molecular formula is C25H42N2O7S2. The molecule has 0 aromatic rings. The number of hydrogen-bond donors (Lipinski definition) is 2. The van der Waals surface area contributed by atoms with Crippen LogP contribution >= 0.6 is 23.5 Å². The lowest BCUT2D eigenvalue weighted by Gasteiger charge is -2.37. The molecule has 1 rings (SSSR count). The third kappa shape index (κ3) is 14.1. The Hall–Kier alpha value is -1.72. The van der Waals surface area contributed by atoms with Crippen molar-refractivity contribution in [1.29, 1.82) is 0 Å². The summed E-state index contributed by atoms with van der Waals surface area (Å²) in [5.41, 5.74) is 0. The summed E-state index contributed by atoms with van der Waals surface area (Å²) in [5.74, 6) is -0.733. The maximum absolute atomic E-state index is 12.6. The van der Waals surface area contributed by atoms with E-state index in [-0.39, 0.29) is 67.7 Å². The van der Waals surface area contributed by atoms with Crippen LogP contribution in [-0.2, 0) is 33.5 Å². The maximum Gasteiger partial charge on any atom is 0.224 e. The van der Waals surface area contributed by atoms with Crippen LogP contribution in [0.2, 0.25) is 0 Å². The standard InChI is InChI=1S/C24H38N2O7S2.CH4/c1-3-18(23(31)25-8-10-27)15-34-21-4-5-22(21)35-16-19(24(32)26-9-11-28)14-20(30)7-13-33-12-6-17(2)29;/h10-11,18-19,21-22H,3-9,12-16H2,1-2H3,(H,25,31)(H,26,32);1H4/i10D,11D;1D. The SMILES string of the molecule is [2H]C.[2H]C(=O)CNC(=O)C(CC)CSC1CCC1SCC(CC(=O)CCOCCC(C)=O)C(=O)NCC([2H])=O. The number of aldehydes is 2. The maximum atomic E-state index is 12.6. The van der Waals surface area contributed by atoms with Crippen LogP contribution in [0.3, 0.4) is 0 Å². The zero-order valence-electron chi connectivity index (χ0n) is 24.5. The Kier molecular flexibility index (Phi) is 16.3. The number of amides is 2. The summed E-state index contributed by atoms with van der Waals surface area (Å²) in [6, 6.07) is 0. The highest BCUT2D eigenvalue weighted by Gasteiger charge is 2.34. The van der Waals surface area contributed by atoms with Crippen LogP contribution < -0.4 is 10.6 Å². The third-order valence-corrected chi connectivity index (χ3v) is 9.02. The van der Waals surface area contributed by atoms with E-state index < -0.39 is 30.9 Å². The van der Waals surface area contributed by atoms with Gasteiger partial charge in [-0.3, -0.25) is 19.2 Å². The highest BCUT2D eigenvalue weighted by atomic mass is 32.2. The molecule has 2 amide bonds. The molecule has 0 bridgehead atoms. The van der Waals surface area contributed by atoms with E-state index in [4.69, 9.17) is 8.85 Å². The van der Waals surface area contributed by atoms with E-state index in [9.17, 15) is 28.8 Å². The number of ether oxygens (including phenoxy) is 1. The van der Waals surface area contributed by atoms with E-state index >= 15 is 0 Å². The Labute approximate surface area is 227 Å². The molecule has 0 aromatic carbocycles. The highest BCUT2D eigenvalue weighted by Crippen LogP contribution is 2.41. The van der Waals surface area contributed by atoms with Crippen molar-refractivity contribution >= 4 is 59.4 Å². The lowest BCUT2D eigenvalue weighted by molar-refractivity contribution is -0.129. The predicted molar refractivity (Wildman–Crippen MR) is 144 cm³/mol. The molecule has 1 aliphatic rings.